The summed E-state index contributed by atoms with van der Waals surface area (Å²) in [6, 6.07) is 16.3. The molecule has 28 heavy (non-hydrogen) atoms. The van der Waals surface area contributed by atoms with Crippen LogP contribution in [0.2, 0.25) is 10.0 Å². The minimum atomic E-state index is -0.542. The molecule has 0 amide bonds. The SMILES string of the molecule is Clc1ccc(C(c2ccc(Cl)cc2)N2CC3=C(C2)C2(CCN3)OCCO2)cc1. The van der Waals surface area contributed by atoms with E-state index in [0.29, 0.717) is 13.2 Å². The smallest absolute Gasteiger partial charge is 0.195 e. The maximum atomic E-state index is 6.14. The normalized spacial score (nSPS) is 21.4. The Morgan fingerprint density at radius 2 is 1.43 bits per heavy atom. The first-order chi connectivity index (χ1) is 13.6. The Balaban J connectivity index is 1.50. The van der Waals surface area contributed by atoms with E-state index in [2.05, 4.69) is 34.5 Å². The first-order valence-corrected chi connectivity index (χ1v) is 10.4. The number of fused-ring (bicyclic) bond motifs is 1. The van der Waals surface area contributed by atoms with E-state index in [4.69, 9.17) is 32.7 Å². The molecule has 4 nitrogen and oxygen atoms in total. The Morgan fingerprint density at radius 3 is 2.00 bits per heavy atom. The number of hydrogen-bond donors (Lipinski definition) is 1. The summed E-state index contributed by atoms with van der Waals surface area (Å²) >= 11 is 12.3. The molecular weight excluding hydrogens is 395 g/mol. The highest BCUT2D eigenvalue weighted by molar-refractivity contribution is 6.30. The summed E-state index contributed by atoms with van der Waals surface area (Å²) in [5, 5.41) is 5.06. The van der Waals surface area contributed by atoms with Gasteiger partial charge in [0.1, 0.15) is 0 Å². The van der Waals surface area contributed by atoms with E-state index in [1.165, 1.54) is 22.4 Å². The molecule has 3 heterocycles. The van der Waals surface area contributed by atoms with E-state index < -0.39 is 5.79 Å². The summed E-state index contributed by atoms with van der Waals surface area (Å²) in [6.07, 6.45) is 0.853. The average Bonchev–Trinajstić information content (AvgIpc) is 3.34. The van der Waals surface area contributed by atoms with E-state index in [-0.39, 0.29) is 6.04 Å². The van der Waals surface area contributed by atoms with Crippen molar-refractivity contribution in [2.45, 2.75) is 18.2 Å². The first-order valence-electron chi connectivity index (χ1n) is 9.64. The van der Waals surface area contributed by atoms with Crippen molar-refractivity contribution in [1.82, 2.24) is 10.2 Å². The Kier molecular flexibility index (Phi) is 4.85. The fraction of sp³-hybridized carbons (Fsp3) is 0.364. The molecule has 0 aliphatic carbocycles. The number of rotatable bonds is 3. The minimum Gasteiger partial charge on any atom is -0.387 e. The Bertz CT molecular complexity index is 844. The van der Waals surface area contributed by atoms with Gasteiger partial charge >= 0.3 is 0 Å². The molecule has 0 saturated carbocycles. The lowest BCUT2D eigenvalue weighted by molar-refractivity contribution is -0.134. The van der Waals surface area contributed by atoms with Crippen LogP contribution in [0.3, 0.4) is 0 Å². The number of nitrogens with zero attached hydrogens (tertiary/aromatic N) is 1. The van der Waals surface area contributed by atoms with E-state index in [0.717, 1.165) is 36.1 Å². The summed E-state index contributed by atoms with van der Waals surface area (Å²) in [6.45, 7) is 3.83. The third kappa shape index (κ3) is 3.23. The van der Waals surface area contributed by atoms with Gasteiger partial charge in [0.25, 0.3) is 0 Å². The summed E-state index contributed by atoms with van der Waals surface area (Å²) in [5.74, 6) is -0.542. The standard InChI is InChI=1S/C22H22Cl2N2O2/c23-17-5-1-15(2-6-17)21(16-3-7-18(24)8-4-16)26-13-19-20(14-26)25-10-9-22(19)27-11-12-28-22/h1-8,21,25H,9-14H2. The second-order valence-corrected chi connectivity index (χ2v) is 8.37. The molecule has 1 spiro atoms. The van der Waals surface area contributed by atoms with E-state index in [9.17, 15) is 0 Å². The fourth-order valence-corrected chi connectivity index (χ4v) is 4.81. The van der Waals surface area contributed by atoms with Crippen LogP contribution in [0.15, 0.2) is 59.8 Å². The molecule has 0 unspecified atom stereocenters. The van der Waals surface area contributed by atoms with Crippen molar-refractivity contribution >= 4 is 23.2 Å². The maximum absolute atomic E-state index is 6.14. The molecule has 0 bridgehead atoms. The van der Waals surface area contributed by atoms with Gasteiger partial charge in [0.15, 0.2) is 5.79 Å². The molecule has 1 fully saturated rings. The lowest BCUT2D eigenvalue weighted by atomic mass is 9.96. The molecule has 146 valence electrons. The monoisotopic (exact) mass is 416 g/mol. The Hall–Kier alpha value is -1.56. The Morgan fingerprint density at radius 1 is 0.857 bits per heavy atom. The van der Waals surface area contributed by atoms with Gasteiger partial charge in [-0.15, -0.1) is 0 Å². The Labute approximate surface area is 175 Å². The van der Waals surface area contributed by atoms with Crippen molar-refractivity contribution in [1.29, 1.82) is 0 Å². The number of halogens is 2. The van der Waals surface area contributed by atoms with Crippen molar-refractivity contribution in [3.05, 3.63) is 81.0 Å². The fourth-order valence-electron chi connectivity index (χ4n) is 4.55. The molecule has 0 atom stereocenters. The minimum absolute atomic E-state index is 0.0976. The lowest BCUT2D eigenvalue weighted by Gasteiger charge is -2.34. The highest BCUT2D eigenvalue weighted by Crippen LogP contribution is 2.42. The zero-order chi connectivity index (χ0) is 19.1. The zero-order valence-electron chi connectivity index (χ0n) is 15.5. The number of hydrogen-bond acceptors (Lipinski definition) is 4. The van der Waals surface area contributed by atoms with Crippen molar-refractivity contribution in [2.75, 3.05) is 32.8 Å². The van der Waals surface area contributed by atoms with Crippen molar-refractivity contribution in [3.63, 3.8) is 0 Å². The van der Waals surface area contributed by atoms with Gasteiger partial charge in [0, 0.05) is 47.4 Å². The van der Waals surface area contributed by atoms with Crippen molar-refractivity contribution in [3.8, 4) is 0 Å². The van der Waals surface area contributed by atoms with E-state index in [1.54, 1.807) is 0 Å². The molecule has 2 aromatic rings. The van der Waals surface area contributed by atoms with Crippen LogP contribution >= 0.6 is 23.2 Å². The maximum Gasteiger partial charge on any atom is 0.195 e. The number of benzene rings is 2. The number of nitrogens with one attached hydrogen (secondary N) is 1. The van der Waals surface area contributed by atoms with Gasteiger partial charge in [-0.2, -0.15) is 0 Å². The van der Waals surface area contributed by atoms with Gasteiger partial charge in [0.05, 0.1) is 19.3 Å². The third-order valence-electron chi connectivity index (χ3n) is 5.83. The van der Waals surface area contributed by atoms with Crippen LogP contribution in [0.1, 0.15) is 23.6 Å². The van der Waals surface area contributed by atoms with Crippen LogP contribution in [0.25, 0.3) is 0 Å². The molecule has 0 aromatic heterocycles. The first kappa shape index (κ1) is 18.5. The zero-order valence-corrected chi connectivity index (χ0v) is 17.0. The molecule has 6 heteroatoms. The van der Waals surface area contributed by atoms with Gasteiger partial charge in [-0.1, -0.05) is 47.5 Å². The highest BCUT2D eigenvalue weighted by Gasteiger charge is 2.48. The number of ether oxygens (including phenoxy) is 2. The van der Waals surface area contributed by atoms with Crippen LogP contribution in [0.5, 0.6) is 0 Å². The van der Waals surface area contributed by atoms with Gasteiger partial charge in [-0.25, -0.2) is 0 Å². The van der Waals surface area contributed by atoms with Crippen LogP contribution in [-0.4, -0.2) is 43.5 Å². The second kappa shape index (κ2) is 7.36. The molecular formula is C22H22Cl2N2O2. The average molecular weight is 417 g/mol. The van der Waals surface area contributed by atoms with E-state index >= 15 is 0 Å². The summed E-state index contributed by atoms with van der Waals surface area (Å²) < 4.78 is 12.2. The predicted molar refractivity (Wildman–Crippen MR) is 111 cm³/mol. The van der Waals surface area contributed by atoms with Crippen molar-refractivity contribution in [2.24, 2.45) is 0 Å². The van der Waals surface area contributed by atoms with Crippen LogP contribution in [0.4, 0.5) is 0 Å². The molecule has 2 aromatic carbocycles. The van der Waals surface area contributed by atoms with E-state index in [1.807, 2.05) is 24.3 Å². The summed E-state index contributed by atoms with van der Waals surface area (Å²) in [7, 11) is 0. The second-order valence-electron chi connectivity index (χ2n) is 7.49. The van der Waals surface area contributed by atoms with Gasteiger partial charge in [-0.3, -0.25) is 4.90 Å². The molecule has 5 rings (SSSR count). The van der Waals surface area contributed by atoms with Crippen LogP contribution in [0, 0.1) is 0 Å². The van der Waals surface area contributed by atoms with Gasteiger partial charge in [-0.05, 0) is 35.4 Å². The highest BCUT2D eigenvalue weighted by atomic mass is 35.5. The molecule has 3 aliphatic rings. The summed E-state index contributed by atoms with van der Waals surface area (Å²) in [4.78, 5) is 2.46. The lowest BCUT2D eigenvalue weighted by Crippen LogP contribution is -2.42. The topological polar surface area (TPSA) is 33.7 Å². The molecule has 1 saturated heterocycles. The largest absolute Gasteiger partial charge is 0.387 e. The van der Waals surface area contributed by atoms with Gasteiger partial charge in [0.2, 0.25) is 0 Å². The van der Waals surface area contributed by atoms with Crippen molar-refractivity contribution < 1.29 is 9.47 Å². The molecule has 1 N–H and O–H groups in total. The molecule has 0 radical (unpaired) electrons. The van der Waals surface area contributed by atoms with Gasteiger partial charge < -0.3 is 14.8 Å². The quantitative estimate of drug-likeness (QED) is 0.804. The van der Waals surface area contributed by atoms with Crippen LogP contribution in [-0.2, 0) is 9.47 Å². The predicted octanol–water partition coefficient (Wildman–Crippen LogP) is 4.39. The third-order valence-corrected chi connectivity index (χ3v) is 6.33. The molecule has 3 aliphatic heterocycles. The van der Waals surface area contributed by atoms with Crippen LogP contribution < -0.4 is 5.32 Å². The summed E-state index contributed by atoms with van der Waals surface area (Å²) in [5.41, 5.74) is 4.88.